The summed E-state index contributed by atoms with van der Waals surface area (Å²) in [7, 11) is -3.05. The minimum atomic E-state index is -3.05. The predicted octanol–water partition coefficient (Wildman–Crippen LogP) is 1.34. The SMILES string of the molecule is CCOc1cccc(C(=O)N2CCS(=O)(=O)[C@@H](C)C2)c1. The lowest BCUT2D eigenvalue weighted by Gasteiger charge is -2.31. The van der Waals surface area contributed by atoms with Crippen LogP contribution >= 0.6 is 0 Å². The van der Waals surface area contributed by atoms with Crippen LogP contribution in [0, 0.1) is 0 Å². The van der Waals surface area contributed by atoms with Crippen LogP contribution in [0.15, 0.2) is 24.3 Å². The summed E-state index contributed by atoms with van der Waals surface area (Å²) in [6.45, 7) is 4.57. The molecule has 1 aromatic rings. The average molecular weight is 297 g/mol. The predicted molar refractivity (Wildman–Crippen MR) is 76.8 cm³/mol. The van der Waals surface area contributed by atoms with Crippen LogP contribution in [0.1, 0.15) is 24.2 Å². The molecule has 1 aliphatic heterocycles. The van der Waals surface area contributed by atoms with Crippen molar-refractivity contribution in [2.75, 3.05) is 25.4 Å². The summed E-state index contributed by atoms with van der Waals surface area (Å²) in [5.74, 6) is 0.537. The summed E-state index contributed by atoms with van der Waals surface area (Å²) in [5, 5.41) is -0.504. The Morgan fingerprint density at radius 3 is 2.85 bits per heavy atom. The summed E-state index contributed by atoms with van der Waals surface area (Å²) < 4.78 is 28.7. The first-order valence-electron chi connectivity index (χ1n) is 6.67. The fourth-order valence-corrected chi connectivity index (χ4v) is 3.49. The summed E-state index contributed by atoms with van der Waals surface area (Å²) in [6.07, 6.45) is 0. The maximum absolute atomic E-state index is 12.4. The number of hydrogen-bond donors (Lipinski definition) is 0. The Labute approximate surface area is 119 Å². The molecular weight excluding hydrogens is 278 g/mol. The van der Waals surface area contributed by atoms with Crippen LogP contribution in [0.25, 0.3) is 0 Å². The van der Waals surface area contributed by atoms with E-state index in [2.05, 4.69) is 0 Å². The first-order valence-corrected chi connectivity index (χ1v) is 8.39. The monoisotopic (exact) mass is 297 g/mol. The van der Waals surface area contributed by atoms with E-state index in [0.717, 1.165) is 0 Å². The number of carbonyl (C=O) groups excluding carboxylic acids is 1. The Kier molecular flexibility index (Phi) is 4.32. The molecule has 1 atom stereocenters. The number of rotatable bonds is 3. The number of hydrogen-bond acceptors (Lipinski definition) is 4. The first-order chi connectivity index (χ1) is 9.44. The molecule has 0 aromatic heterocycles. The second-order valence-corrected chi connectivity index (χ2v) is 7.43. The smallest absolute Gasteiger partial charge is 0.254 e. The van der Waals surface area contributed by atoms with Gasteiger partial charge in [0.2, 0.25) is 0 Å². The topological polar surface area (TPSA) is 63.7 Å². The Morgan fingerprint density at radius 1 is 1.45 bits per heavy atom. The molecule has 0 radical (unpaired) electrons. The number of carbonyl (C=O) groups is 1. The van der Waals surface area contributed by atoms with Crippen LogP contribution in [0.5, 0.6) is 5.75 Å². The Balaban J connectivity index is 2.14. The largest absolute Gasteiger partial charge is 0.494 e. The van der Waals surface area contributed by atoms with Gasteiger partial charge in [-0.15, -0.1) is 0 Å². The Morgan fingerprint density at radius 2 is 2.20 bits per heavy atom. The highest BCUT2D eigenvalue weighted by Crippen LogP contribution is 2.18. The van der Waals surface area contributed by atoms with Crippen LogP contribution in [-0.2, 0) is 9.84 Å². The number of nitrogens with zero attached hydrogens (tertiary/aromatic N) is 1. The molecule has 0 aliphatic carbocycles. The van der Waals surface area contributed by atoms with Crippen molar-refractivity contribution >= 4 is 15.7 Å². The van der Waals surface area contributed by atoms with Gasteiger partial charge in [0.05, 0.1) is 17.6 Å². The van der Waals surface area contributed by atoms with Crippen molar-refractivity contribution in [3.05, 3.63) is 29.8 Å². The van der Waals surface area contributed by atoms with E-state index >= 15 is 0 Å². The zero-order chi connectivity index (χ0) is 14.8. The normalized spacial score (nSPS) is 21.5. The van der Waals surface area contributed by atoms with Crippen molar-refractivity contribution in [1.82, 2.24) is 4.90 Å². The maximum atomic E-state index is 12.4. The van der Waals surface area contributed by atoms with Gasteiger partial charge in [0.1, 0.15) is 5.75 Å². The average Bonchev–Trinajstić information content (AvgIpc) is 2.42. The van der Waals surface area contributed by atoms with Gasteiger partial charge in [-0.1, -0.05) is 6.07 Å². The van der Waals surface area contributed by atoms with Gasteiger partial charge >= 0.3 is 0 Å². The molecule has 0 bridgehead atoms. The van der Waals surface area contributed by atoms with Gasteiger partial charge in [-0.05, 0) is 32.0 Å². The molecule has 5 nitrogen and oxygen atoms in total. The van der Waals surface area contributed by atoms with Gasteiger partial charge in [0.25, 0.3) is 5.91 Å². The lowest BCUT2D eigenvalue weighted by molar-refractivity contribution is 0.0760. The molecule has 0 N–H and O–H groups in total. The third-order valence-electron chi connectivity index (χ3n) is 3.42. The molecule has 0 saturated carbocycles. The molecular formula is C14H19NO4S. The number of amides is 1. The van der Waals surface area contributed by atoms with Crippen molar-refractivity contribution < 1.29 is 17.9 Å². The van der Waals surface area contributed by atoms with Gasteiger partial charge in [-0.3, -0.25) is 4.79 Å². The van der Waals surface area contributed by atoms with E-state index in [9.17, 15) is 13.2 Å². The highest BCUT2D eigenvalue weighted by molar-refractivity contribution is 7.92. The van der Waals surface area contributed by atoms with Gasteiger partial charge in [-0.2, -0.15) is 0 Å². The molecule has 2 rings (SSSR count). The van der Waals surface area contributed by atoms with Gasteiger partial charge in [-0.25, -0.2) is 8.42 Å². The molecule has 1 fully saturated rings. The quantitative estimate of drug-likeness (QED) is 0.844. The second-order valence-electron chi connectivity index (χ2n) is 4.89. The van der Waals surface area contributed by atoms with Crippen LogP contribution < -0.4 is 4.74 Å². The Hall–Kier alpha value is -1.56. The van der Waals surface area contributed by atoms with E-state index < -0.39 is 15.1 Å². The fraction of sp³-hybridized carbons (Fsp3) is 0.500. The molecule has 1 aliphatic rings. The van der Waals surface area contributed by atoms with Crippen molar-refractivity contribution in [2.24, 2.45) is 0 Å². The lowest BCUT2D eigenvalue weighted by Crippen LogP contribution is -2.48. The van der Waals surface area contributed by atoms with Crippen molar-refractivity contribution in [1.29, 1.82) is 0 Å². The number of sulfone groups is 1. The van der Waals surface area contributed by atoms with Crippen molar-refractivity contribution in [3.8, 4) is 5.75 Å². The van der Waals surface area contributed by atoms with E-state index in [1.807, 2.05) is 6.92 Å². The number of ether oxygens (including phenoxy) is 1. The maximum Gasteiger partial charge on any atom is 0.254 e. The molecule has 1 saturated heterocycles. The van der Waals surface area contributed by atoms with Crippen molar-refractivity contribution in [3.63, 3.8) is 0 Å². The van der Waals surface area contributed by atoms with Gasteiger partial charge in [0, 0.05) is 18.7 Å². The fourth-order valence-electron chi connectivity index (χ4n) is 2.21. The summed E-state index contributed by atoms with van der Waals surface area (Å²) >= 11 is 0. The van der Waals surface area contributed by atoms with E-state index in [4.69, 9.17) is 4.74 Å². The Bertz CT molecular complexity index is 597. The van der Waals surface area contributed by atoms with Crippen LogP contribution in [0.2, 0.25) is 0 Å². The third kappa shape index (κ3) is 3.12. The van der Waals surface area contributed by atoms with Crippen LogP contribution in [0.3, 0.4) is 0 Å². The zero-order valence-corrected chi connectivity index (χ0v) is 12.5. The molecule has 1 amide bonds. The summed E-state index contributed by atoms with van der Waals surface area (Å²) in [5.41, 5.74) is 0.530. The lowest BCUT2D eigenvalue weighted by atomic mass is 10.2. The summed E-state index contributed by atoms with van der Waals surface area (Å²) in [4.78, 5) is 14.0. The van der Waals surface area contributed by atoms with Crippen LogP contribution in [0.4, 0.5) is 0 Å². The molecule has 0 unspecified atom stereocenters. The minimum Gasteiger partial charge on any atom is -0.494 e. The van der Waals surface area contributed by atoms with E-state index in [1.54, 1.807) is 36.1 Å². The highest BCUT2D eigenvalue weighted by atomic mass is 32.2. The highest BCUT2D eigenvalue weighted by Gasteiger charge is 2.32. The molecule has 1 aromatic carbocycles. The molecule has 6 heteroatoms. The van der Waals surface area contributed by atoms with Gasteiger partial charge in [0.15, 0.2) is 9.84 Å². The summed E-state index contributed by atoms with van der Waals surface area (Å²) in [6, 6.07) is 6.98. The molecule has 1 heterocycles. The second kappa shape index (κ2) is 5.83. The zero-order valence-electron chi connectivity index (χ0n) is 11.7. The third-order valence-corrected chi connectivity index (χ3v) is 5.54. The van der Waals surface area contributed by atoms with E-state index in [0.29, 0.717) is 17.9 Å². The van der Waals surface area contributed by atoms with Gasteiger partial charge < -0.3 is 9.64 Å². The minimum absolute atomic E-state index is 0.0328. The van der Waals surface area contributed by atoms with E-state index in [1.165, 1.54) is 0 Å². The molecule has 20 heavy (non-hydrogen) atoms. The van der Waals surface area contributed by atoms with Crippen LogP contribution in [-0.4, -0.2) is 49.9 Å². The van der Waals surface area contributed by atoms with E-state index in [-0.39, 0.29) is 24.7 Å². The molecule has 110 valence electrons. The standard InChI is InChI=1S/C14H19NO4S/c1-3-19-13-6-4-5-12(9-13)14(16)15-7-8-20(17,18)11(2)10-15/h4-6,9,11H,3,7-8,10H2,1-2H3/t11-/m0/s1. The van der Waals surface area contributed by atoms with Crippen molar-refractivity contribution in [2.45, 2.75) is 19.1 Å². The molecule has 0 spiro atoms. The number of benzene rings is 1. The first kappa shape index (κ1) is 14.8.